The first-order valence-electron chi connectivity index (χ1n) is 13.8. The summed E-state index contributed by atoms with van der Waals surface area (Å²) in [6, 6.07) is 0. The molecule has 192 valence electrons. The van der Waals surface area contributed by atoms with Crippen molar-refractivity contribution >= 4 is 7.82 Å². The molecule has 5 nitrogen and oxygen atoms in total. The number of piperidine rings is 1. The van der Waals surface area contributed by atoms with E-state index in [1.54, 1.807) is 0 Å². The summed E-state index contributed by atoms with van der Waals surface area (Å²) in [6.45, 7) is 4.92. The fourth-order valence-corrected chi connectivity index (χ4v) is 5.71. The van der Waals surface area contributed by atoms with Crippen LogP contribution < -0.4 is 4.89 Å². The molecule has 1 saturated heterocycles. The molecule has 0 saturated carbocycles. The third-order valence-corrected chi connectivity index (χ3v) is 7.81. The van der Waals surface area contributed by atoms with Gasteiger partial charge in [0, 0.05) is 5.92 Å². The van der Waals surface area contributed by atoms with E-state index in [0.717, 1.165) is 43.3 Å². The molecule has 2 unspecified atom stereocenters. The van der Waals surface area contributed by atoms with Crippen molar-refractivity contribution in [3.8, 4) is 0 Å². The monoisotopic (exact) mass is 475 g/mol. The van der Waals surface area contributed by atoms with Crippen LogP contribution in [0.4, 0.5) is 0 Å². The lowest BCUT2D eigenvalue weighted by Crippen LogP contribution is -2.48. The van der Waals surface area contributed by atoms with E-state index in [4.69, 9.17) is 9.05 Å². The van der Waals surface area contributed by atoms with Gasteiger partial charge in [-0.15, -0.1) is 0 Å². The lowest BCUT2D eigenvalue weighted by molar-refractivity contribution is -0.898. The van der Waals surface area contributed by atoms with Gasteiger partial charge in [-0.3, -0.25) is 4.57 Å². The van der Waals surface area contributed by atoms with Crippen LogP contribution in [0.15, 0.2) is 0 Å². The summed E-state index contributed by atoms with van der Waals surface area (Å²) >= 11 is 0. The lowest BCUT2D eigenvalue weighted by atomic mass is 9.98. The molecule has 1 fully saturated rings. The zero-order valence-corrected chi connectivity index (χ0v) is 22.6. The van der Waals surface area contributed by atoms with Crippen LogP contribution in [0.2, 0.25) is 0 Å². The van der Waals surface area contributed by atoms with Gasteiger partial charge in [-0.1, -0.05) is 103 Å². The fraction of sp³-hybridized carbons (Fsp3) is 1.00. The molecule has 1 rings (SSSR count). The molecule has 1 aliphatic heterocycles. The van der Waals surface area contributed by atoms with Crippen molar-refractivity contribution in [1.82, 2.24) is 0 Å². The van der Waals surface area contributed by atoms with Crippen molar-refractivity contribution in [2.75, 3.05) is 40.4 Å². The number of phosphoric acid groups is 1. The van der Waals surface area contributed by atoms with Gasteiger partial charge in [0.05, 0.1) is 40.4 Å². The quantitative estimate of drug-likeness (QED) is 0.0997. The molecule has 1 aliphatic rings. The molecule has 0 amide bonds. The number of phosphoric ester groups is 1. The van der Waals surface area contributed by atoms with Crippen molar-refractivity contribution in [1.29, 1.82) is 0 Å². The second-order valence-electron chi connectivity index (χ2n) is 10.7. The predicted molar refractivity (Wildman–Crippen MR) is 134 cm³/mol. The van der Waals surface area contributed by atoms with Crippen molar-refractivity contribution in [3.05, 3.63) is 0 Å². The van der Waals surface area contributed by atoms with Gasteiger partial charge in [-0.25, -0.2) is 0 Å². The molecule has 0 bridgehead atoms. The van der Waals surface area contributed by atoms with Crippen LogP contribution >= 0.6 is 7.82 Å². The average Bonchev–Trinajstić information content (AvgIpc) is 2.74. The molecule has 0 aromatic heterocycles. The van der Waals surface area contributed by atoms with Gasteiger partial charge >= 0.3 is 0 Å². The fourth-order valence-electron chi connectivity index (χ4n) is 4.89. The smallest absolute Gasteiger partial charge is 0.267 e. The third-order valence-electron chi connectivity index (χ3n) is 6.84. The van der Waals surface area contributed by atoms with Crippen LogP contribution in [-0.4, -0.2) is 44.9 Å². The van der Waals surface area contributed by atoms with Crippen molar-refractivity contribution in [2.45, 2.75) is 122 Å². The number of likely N-dealkylation sites (tertiary alicyclic amines) is 1. The Hall–Kier alpha value is 0.0700. The zero-order chi connectivity index (χ0) is 23.5. The summed E-state index contributed by atoms with van der Waals surface area (Å²) in [6.07, 6.45) is 23.1. The van der Waals surface area contributed by atoms with E-state index in [-0.39, 0.29) is 13.2 Å². The number of unbranched alkanes of at least 4 members (excludes halogenated alkanes) is 15. The van der Waals surface area contributed by atoms with E-state index in [9.17, 15) is 9.46 Å². The second kappa shape index (κ2) is 18.4. The molecular weight excluding hydrogens is 421 g/mol. The molecule has 6 heteroatoms. The topological polar surface area (TPSA) is 58.6 Å². The van der Waals surface area contributed by atoms with Gasteiger partial charge in [-0.2, -0.15) is 0 Å². The number of hydrogen-bond acceptors (Lipinski definition) is 4. The number of quaternary nitrogens is 1. The maximum atomic E-state index is 12.0. The van der Waals surface area contributed by atoms with Crippen LogP contribution in [0.5, 0.6) is 0 Å². The molecular formula is C26H54NO4P. The van der Waals surface area contributed by atoms with Gasteiger partial charge < -0.3 is 18.4 Å². The van der Waals surface area contributed by atoms with E-state index in [2.05, 4.69) is 21.0 Å². The summed E-state index contributed by atoms with van der Waals surface area (Å²) in [7, 11) is 0.235. The summed E-state index contributed by atoms with van der Waals surface area (Å²) in [5.41, 5.74) is 0. The van der Waals surface area contributed by atoms with E-state index >= 15 is 0 Å². The van der Waals surface area contributed by atoms with Crippen LogP contribution in [0.1, 0.15) is 122 Å². The van der Waals surface area contributed by atoms with Gasteiger partial charge in [-0.05, 0) is 19.3 Å². The summed E-state index contributed by atoms with van der Waals surface area (Å²) in [5.74, 6) is 0.306. The highest BCUT2D eigenvalue weighted by Gasteiger charge is 2.28. The predicted octanol–water partition coefficient (Wildman–Crippen LogP) is 7.24. The zero-order valence-electron chi connectivity index (χ0n) is 21.7. The Labute approximate surface area is 199 Å². The minimum absolute atomic E-state index is 0.255. The highest BCUT2D eigenvalue weighted by molar-refractivity contribution is 7.45. The molecule has 0 aliphatic carbocycles. The molecule has 0 aromatic carbocycles. The molecule has 0 N–H and O–H groups in total. The molecule has 2 atom stereocenters. The van der Waals surface area contributed by atoms with E-state index in [1.807, 2.05) is 0 Å². The average molecular weight is 476 g/mol. The van der Waals surface area contributed by atoms with Crippen molar-refractivity contribution in [2.24, 2.45) is 5.92 Å². The van der Waals surface area contributed by atoms with Gasteiger partial charge in [0.25, 0.3) is 7.82 Å². The normalized spacial score (nSPS) is 20.3. The molecule has 0 aromatic rings. The Balaban J connectivity index is 1.84. The van der Waals surface area contributed by atoms with Gasteiger partial charge in [0.2, 0.25) is 0 Å². The van der Waals surface area contributed by atoms with E-state index in [1.165, 1.54) is 89.9 Å². The standard InChI is InChI=1S/C26H54NO4P/c1-4-5-6-7-8-9-10-11-12-13-14-15-16-17-18-19-23-30-32(28,29)31-25-26-21-20-22-27(2,3)24-26/h26H,4-25H2,1-3H3. The first kappa shape index (κ1) is 30.1. The Morgan fingerprint density at radius 3 is 1.72 bits per heavy atom. The Bertz CT molecular complexity index is 486. The maximum Gasteiger partial charge on any atom is 0.267 e. The van der Waals surface area contributed by atoms with Crippen LogP contribution in [0, 0.1) is 5.92 Å². The van der Waals surface area contributed by atoms with Gasteiger partial charge in [0.15, 0.2) is 0 Å². The minimum Gasteiger partial charge on any atom is -0.756 e. The lowest BCUT2D eigenvalue weighted by Gasteiger charge is -2.38. The molecule has 0 spiro atoms. The SMILES string of the molecule is CCCCCCCCCCCCCCCCCCOP(=O)([O-])OCC1CCC[N+](C)(C)C1. The highest BCUT2D eigenvalue weighted by Crippen LogP contribution is 2.39. The largest absolute Gasteiger partial charge is 0.756 e. The minimum atomic E-state index is -4.15. The number of hydrogen-bond donors (Lipinski definition) is 0. The van der Waals surface area contributed by atoms with Gasteiger partial charge in [0.1, 0.15) is 0 Å². The molecule has 1 heterocycles. The second-order valence-corrected chi connectivity index (χ2v) is 12.1. The maximum absolute atomic E-state index is 12.0. The molecule has 0 radical (unpaired) electrons. The Morgan fingerprint density at radius 1 is 0.781 bits per heavy atom. The first-order valence-corrected chi connectivity index (χ1v) is 15.2. The Morgan fingerprint density at radius 2 is 1.25 bits per heavy atom. The molecule has 32 heavy (non-hydrogen) atoms. The number of nitrogens with zero attached hydrogens (tertiary/aromatic N) is 1. The van der Waals surface area contributed by atoms with E-state index < -0.39 is 7.82 Å². The van der Waals surface area contributed by atoms with E-state index in [0.29, 0.717) is 5.92 Å². The van der Waals surface area contributed by atoms with Crippen LogP contribution in [0.25, 0.3) is 0 Å². The van der Waals surface area contributed by atoms with Crippen molar-refractivity contribution in [3.63, 3.8) is 0 Å². The van der Waals surface area contributed by atoms with Crippen LogP contribution in [-0.2, 0) is 13.6 Å². The summed E-state index contributed by atoms with van der Waals surface area (Å²) in [4.78, 5) is 12.0. The highest BCUT2D eigenvalue weighted by atomic mass is 31.2. The number of rotatable bonds is 21. The Kier molecular flexibility index (Phi) is 17.3. The summed E-state index contributed by atoms with van der Waals surface area (Å²) < 4.78 is 23.1. The first-order chi connectivity index (χ1) is 15.3. The van der Waals surface area contributed by atoms with Crippen LogP contribution in [0.3, 0.4) is 0 Å². The third kappa shape index (κ3) is 17.5. The summed E-state index contributed by atoms with van der Waals surface area (Å²) in [5, 5.41) is 0. The van der Waals surface area contributed by atoms with Crippen molar-refractivity contribution < 1.29 is 23.0 Å².